The van der Waals surface area contributed by atoms with Crippen LogP contribution in [0.4, 0.5) is 10.5 Å². The monoisotopic (exact) mass is 432 g/mol. The molecule has 0 aliphatic rings. The van der Waals surface area contributed by atoms with E-state index in [4.69, 9.17) is 4.74 Å². The van der Waals surface area contributed by atoms with E-state index in [1.165, 1.54) is 0 Å². The van der Waals surface area contributed by atoms with Crippen LogP contribution in [0, 0.1) is 0 Å². The van der Waals surface area contributed by atoms with Crippen LogP contribution in [0.15, 0.2) is 53.4 Å². The molecule has 0 heterocycles. The van der Waals surface area contributed by atoms with Crippen LogP contribution in [0.25, 0.3) is 0 Å². The molecule has 0 saturated heterocycles. The van der Waals surface area contributed by atoms with Crippen molar-refractivity contribution >= 4 is 21.6 Å². The van der Waals surface area contributed by atoms with Gasteiger partial charge in [0.1, 0.15) is 11.5 Å². The van der Waals surface area contributed by atoms with E-state index >= 15 is 0 Å². The zero-order valence-corrected chi connectivity index (χ0v) is 19.2. The first kappa shape index (κ1) is 23.7. The Morgan fingerprint density at radius 1 is 1.00 bits per heavy atom. The van der Waals surface area contributed by atoms with Crippen LogP contribution in [0.2, 0.25) is 0 Å². The number of carbonyl (C=O) groups excluding carboxylic acids is 1. The molecule has 2 aromatic rings. The molecule has 0 saturated carbocycles. The van der Waals surface area contributed by atoms with Crippen molar-refractivity contribution in [3.63, 3.8) is 0 Å². The lowest BCUT2D eigenvalue weighted by molar-refractivity contribution is 0.0528. The lowest BCUT2D eigenvalue weighted by Gasteiger charge is -2.19. The Bertz CT molecular complexity index is 929. The van der Waals surface area contributed by atoms with Gasteiger partial charge in [0.2, 0.25) is 0 Å². The van der Waals surface area contributed by atoms with E-state index in [1.807, 2.05) is 57.2 Å². The number of hydrogen-bond donors (Lipinski definition) is 2. The van der Waals surface area contributed by atoms with Crippen molar-refractivity contribution in [2.75, 3.05) is 17.7 Å². The summed E-state index contributed by atoms with van der Waals surface area (Å²) in [7, 11) is -3.42. The van der Waals surface area contributed by atoms with Crippen molar-refractivity contribution in [3.8, 4) is 0 Å². The average Bonchev–Trinajstić information content (AvgIpc) is 2.66. The second-order valence-corrected chi connectivity index (χ2v) is 10.5. The number of ether oxygens (including phenoxy) is 1. The fourth-order valence-corrected chi connectivity index (χ4v) is 3.81. The molecule has 6 nitrogen and oxygen atoms in total. The van der Waals surface area contributed by atoms with Gasteiger partial charge >= 0.3 is 6.09 Å². The topological polar surface area (TPSA) is 84.5 Å². The Morgan fingerprint density at radius 3 is 2.13 bits per heavy atom. The van der Waals surface area contributed by atoms with Gasteiger partial charge in [-0.3, -0.25) is 0 Å². The molecule has 2 rings (SSSR count). The Balaban J connectivity index is 1.84. The second kappa shape index (κ2) is 9.98. The van der Waals surface area contributed by atoms with Gasteiger partial charge in [0.25, 0.3) is 0 Å². The summed E-state index contributed by atoms with van der Waals surface area (Å²) in [5.41, 5.74) is 2.34. The van der Waals surface area contributed by atoms with Gasteiger partial charge in [-0.15, -0.1) is 0 Å². The standard InChI is InChI=1S/C23H32N2O4S/c1-17(2)19-8-12-21(13-9-19)30(27,28)16-25-20-10-6-18(7-11-20)14-15-24-22(26)29-23(3,4)5/h6-13,17,25H,14-16H2,1-5H3,(H,24,26). The molecule has 0 spiro atoms. The molecule has 0 atom stereocenters. The fraction of sp³-hybridized carbons (Fsp3) is 0.435. The number of rotatable bonds is 8. The van der Waals surface area contributed by atoms with Crippen molar-refractivity contribution in [3.05, 3.63) is 59.7 Å². The summed E-state index contributed by atoms with van der Waals surface area (Å²) >= 11 is 0. The van der Waals surface area contributed by atoms with E-state index < -0.39 is 21.5 Å². The quantitative estimate of drug-likeness (QED) is 0.630. The van der Waals surface area contributed by atoms with Crippen LogP contribution >= 0.6 is 0 Å². The van der Waals surface area contributed by atoms with Crippen molar-refractivity contribution < 1.29 is 17.9 Å². The molecule has 0 bridgehead atoms. The minimum Gasteiger partial charge on any atom is -0.444 e. The van der Waals surface area contributed by atoms with E-state index in [9.17, 15) is 13.2 Å². The van der Waals surface area contributed by atoms with E-state index in [0.29, 0.717) is 23.8 Å². The molecule has 164 valence electrons. The Hall–Kier alpha value is -2.54. The maximum Gasteiger partial charge on any atom is 0.407 e. The van der Waals surface area contributed by atoms with Gasteiger partial charge in [-0.05, 0) is 68.5 Å². The summed E-state index contributed by atoms with van der Waals surface area (Å²) in [5, 5.41) is 5.69. The summed E-state index contributed by atoms with van der Waals surface area (Å²) in [6, 6.07) is 14.5. The highest BCUT2D eigenvalue weighted by Gasteiger charge is 2.16. The van der Waals surface area contributed by atoms with Crippen molar-refractivity contribution in [2.24, 2.45) is 0 Å². The molecule has 0 aliphatic heterocycles. The minimum atomic E-state index is -3.42. The number of nitrogens with one attached hydrogen (secondary N) is 2. The number of carbonyl (C=O) groups is 1. The van der Waals surface area contributed by atoms with Gasteiger partial charge in [0.15, 0.2) is 9.84 Å². The first-order chi connectivity index (χ1) is 14.0. The SMILES string of the molecule is CC(C)c1ccc(S(=O)(=O)CNc2ccc(CCNC(=O)OC(C)(C)C)cc2)cc1. The summed E-state index contributed by atoms with van der Waals surface area (Å²) in [6.45, 7) is 10.1. The first-order valence-corrected chi connectivity index (χ1v) is 11.7. The Morgan fingerprint density at radius 2 is 1.60 bits per heavy atom. The van der Waals surface area contributed by atoms with Crippen LogP contribution in [0.1, 0.15) is 51.7 Å². The number of benzene rings is 2. The van der Waals surface area contributed by atoms with Gasteiger partial charge in [0.05, 0.1) is 4.90 Å². The second-order valence-electron chi connectivity index (χ2n) is 8.54. The number of anilines is 1. The van der Waals surface area contributed by atoms with Crippen LogP contribution in [0.3, 0.4) is 0 Å². The highest BCUT2D eigenvalue weighted by Crippen LogP contribution is 2.19. The van der Waals surface area contributed by atoms with E-state index in [0.717, 1.165) is 16.8 Å². The van der Waals surface area contributed by atoms with E-state index in [2.05, 4.69) is 24.5 Å². The number of amides is 1. The Labute approximate surface area is 180 Å². The normalized spacial score (nSPS) is 11.9. The predicted molar refractivity (Wildman–Crippen MR) is 121 cm³/mol. The van der Waals surface area contributed by atoms with Crippen molar-refractivity contribution in [1.29, 1.82) is 0 Å². The zero-order chi connectivity index (χ0) is 22.4. The van der Waals surface area contributed by atoms with E-state index in [-0.39, 0.29) is 5.88 Å². The average molecular weight is 433 g/mol. The lowest BCUT2D eigenvalue weighted by Crippen LogP contribution is -2.33. The molecule has 1 amide bonds. The third-order valence-electron chi connectivity index (χ3n) is 4.41. The number of hydrogen-bond acceptors (Lipinski definition) is 5. The fourth-order valence-electron chi connectivity index (χ4n) is 2.73. The minimum absolute atomic E-state index is 0.173. The molecule has 0 radical (unpaired) electrons. The van der Waals surface area contributed by atoms with Crippen LogP contribution in [0.5, 0.6) is 0 Å². The van der Waals surface area contributed by atoms with Crippen LogP contribution in [-0.2, 0) is 21.0 Å². The predicted octanol–water partition coefficient (Wildman–Crippen LogP) is 4.72. The van der Waals surface area contributed by atoms with E-state index in [1.54, 1.807) is 12.1 Å². The van der Waals surface area contributed by atoms with Crippen LogP contribution in [-0.4, -0.2) is 32.5 Å². The smallest absolute Gasteiger partial charge is 0.407 e. The third kappa shape index (κ3) is 7.71. The highest BCUT2D eigenvalue weighted by atomic mass is 32.2. The third-order valence-corrected chi connectivity index (χ3v) is 5.92. The summed E-state index contributed by atoms with van der Waals surface area (Å²) in [4.78, 5) is 12.0. The summed E-state index contributed by atoms with van der Waals surface area (Å²) < 4.78 is 30.3. The largest absolute Gasteiger partial charge is 0.444 e. The molecule has 30 heavy (non-hydrogen) atoms. The molecule has 0 aliphatic carbocycles. The molecule has 0 aromatic heterocycles. The maximum absolute atomic E-state index is 12.5. The van der Waals surface area contributed by atoms with Gasteiger partial charge in [0, 0.05) is 12.2 Å². The lowest BCUT2D eigenvalue weighted by atomic mass is 10.0. The molecule has 0 fully saturated rings. The van der Waals surface area contributed by atoms with Gasteiger partial charge < -0.3 is 15.4 Å². The van der Waals surface area contributed by atoms with Gasteiger partial charge in [-0.1, -0.05) is 38.1 Å². The maximum atomic E-state index is 12.5. The molecule has 0 unspecified atom stereocenters. The van der Waals surface area contributed by atoms with Crippen LogP contribution < -0.4 is 10.6 Å². The van der Waals surface area contributed by atoms with Crippen molar-refractivity contribution in [2.45, 2.75) is 57.5 Å². The molecule has 2 N–H and O–H groups in total. The summed E-state index contributed by atoms with van der Waals surface area (Å²) in [6.07, 6.45) is 0.215. The number of sulfone groups is 1. The molecular weight excluding hydrogens is 400 g/mol. The highest BCUT2D eigenvalue weighted by molar-refractivity contribution is 7.91. The van der Waals surface area contributed by atoms with Gasteiger partial charge in [-0.2, -0.15) is 0 Å². The zero-order valence-electron chi connectivity index (χ0n) is 18.4. The molecular formula is C23H32N2O4S. The molecule has 2 aromatic carbocycles. The number of alkyl carbamates (subject to hydrolysis) is 1. The van der Waals surface area contributed by atoms with Crippen molar-refractivity contribution in [1.82, 2.24) is 5.32 Å². The molecule has 7 heteroatoms. The summed E-state index contributed by atoms with van der Waals surface area (Å²) in [5.74, 6) is 0.186. The first-order valence-electron chi connectivity index (χ1n) is 10.1. The van der Waals surface area contributed by atoms with Gasteiger partial charge in [-0.25, -0.2) is 13.2 Å². The Kier molecular flexibility index (Phi) is 7.89.